The third kappa shape index (κ3) is 7.50. The number of carbonyl (C=O) groups is 1. The average Bonchev–Trinajstić information content (AvgIpc) is 2.70. The molecule has 0 aliphatic rings. The second-order valence-electron chi connectivity index (χ2n) is 7.51. The fourth-order valence-corrected chi connectivity index (χ4v) is 3.44. The van der Waals surface area contributed by atoms with Crippen molar-refractivity contribution in [3.63, 3.8) is 0 Å². The van der Waals surface area contributed by atoms with Gasteiger partial charge in [0.15, 0.2) is 11.5 Å². The van der Waals surface area contributed by atoms with Gasteiger partial charge in [0.2, 0.25) is 5.91 Å². The van der Waals surface area contributed by atoms with E-state index in [-0.39, 0.29) is 5.91 Å². The lowest BCUT2D eigenvalue weighted by atomic mass is 10.2. The van der Waals surface area contributed by atoms with Crippen molar-refractivity contribution in [1.82, 2.24) is 4.90 Å². The van der Waals surface area contributed by atoms with E-state index in [9.17, 15) is 4.79 Å². The summed E-state index contributed by atoms with van der Waals surface area (Å²) in [5.41, 5.74) is 1.60. The van der Waals surface area contributed by atoms with Crippen LogP contribution in [0, 0.1) is 0 Å². The molecule has 1 N–H and O–H groups in total. The molecule has 6 heteroatoms. The molecule has 0 aliphatic carbocycles. The summed E-state index contributed by atoms with van der Waals surface area (Å²) in [5, 5.41) is 2.87. The van der Waals surface area contributed by atoms with Crippen molar-refractivity contribution < 1.29 is 14.3 Å². The fourth-order valence-electron chi connectivity index (χ4n) is 3.17. The highest BCUT2D eigenvalue weighted by Crippen LogP contribution is 2.30. The first-order valence-corrected chi connectivity index (χ1v) is 10.9. The standard InChI is InChI=1S/C24H31BrN2O3/c1-17(2)27(18(3)4)14-15-30-23-16-21(11-12-22(23)29-5)26-24(28)13-8-19-6-9-20(25)10-7-19/h6-13,16-18H,14-15H2,1-5H3,(H,26,28). The minimum absolute atomic E-state index is 0.208. The van der Waals surface area contributed by atoms with E-state index in [0.717, 1.165) is 16.6 Å². The van der Waals surface area contributed by atoms with Gasteiger partial charge in [-0.3, -0.25) is 9.69 Å². The summed E-state index contributed by atoms with van der Waals surface area (Å²) in [6.45, 7) is 10.1. The smallest absolute Gasteiger partial charge is 0.248 e. The molecule has 0 bridgehead atoms. The highest BCUT2D eigenvalue weighted by molar-refractivity contribution is 9.10. The summed E-state index contributed by atoms with van der Waals surface area (Å²) in [4.78, 5) is 14.7. The second-order valence-corrected chi connectivity index (χ2v) is 8.43. The number of hydrogen-bond acceptors (Lipinski definition) is 4. The monoisotopic (exact) mass is 474 g/mol. The van der Waals surface area contributed by atoms with Crippen molar-refractivity contribution in [2.75, 3.05) is 25.6 Å². The number of amides is 1. The molecule has 0 heterocycles. The minimum Gasteiger partial charge on any atom is -0.493 e. The summed E-state index contributed by atoms with van der Waals surface area (Å²) in [5.74, 6) is 1.04. The predicted octanol–water partition coefficient (Wildman–Crippen LogP) is 5.61. The molecule has 30 heavy (non-hydrogen) atoms. The van der Waals surface area contributed by atoms with Crippen LogP contribution in [0.4, 0.5) is 5.69 Å². The SMILES string of the molecule is COc1ccc(NC(=O)C=Cc2ccc(Br)cc2)cc1OCCN(C(C)C)C(C)C. The van der Waals surface area contributed by atoms with Crippen molar-refractivity contribution in [3.05, 3.63) is 58.6 Å². The molecule has 0 radical (unpaired) electrons. The number of rotatable bonds is 10. The van der Waals surface area contributed by atoms with Crippen molar-refractivity contribution >= 4 is 33.6 Å². The van der Waals surface area contributed by atoms with Gasteiger partial charge in [-0.05, 0) is 63.6 Å². The van der Waals surface area contributed by atoms with Crippen LogP contribution in [0.3, 0.4) is 0 Å². The van der Waals surface area contributed by atoms with Crippen LogP contribution >= 0.6 is 15.9 Å². The minimum atomic E-state index is -0.208. The summed E-state index contributed by atoms with van der Waals surface area (Å²) >= 11 is 3.40. The highest BCUT2D eigenvalue weighted by Gasteiger charge is 2.14. The maximum atomic E-state index is 12.3. The summed E-state index contributed by atoms with van der Waals surface area (Å²) in [6.07, 6.45) is 3.28. The molecule has 0 saturated carbocycles. The van der Waals surface area contributed by atoms with Crippen LogP contribution in [-0.4, -0.2) is 43.2 Å². The third-order valence-corrected chi connectivity index (χ3v) is 5.19. The molecule has 0 aromatic heterocycles. The molecule has 0 saturated heterocycles. The topological polar surface area (TPSA) is 50.8 Å². The fraction of sp³-hybridized carbons (Fsp3) is 0.375. The molecule has 2 aromatic rings. The number of carbonyl (C=O) groups excluding carboxylic acids is 1. The molecule has 0 unspecified atom stereocenters. The van der Waals surface area contributed by atoms with E-state index in [1.54, 1.807) is 31.4 Å². The zero-order valence-corrected chi connectivity index (χ0v) is 19.9. The Morgan fingerprint density at radius 2 is 1.73 bits per heavy atom. The second kappa shape index (κ2) is 11.8. The van der Waals surface area contributed by atoms with E-state index in [1.165, 1.54) is 6.08 Å². The lowest BCUT2D eigenvalue weighted by molar-refractivity contribution is -0.111. The number of benzene rings is 2. The van der Waals surface area contributed by atoms with Crippen molar-refractivity contribution in [2.24, 2.45) is 0 Å². The lowest BCUT2D eigenvalue weighted by Gasteiger charge is -2.30. The molecular formula is C24H31BrN2O3. The van der Waals surface area contributed by atoms with Gasteiger partial charge in [-0.25, -0.2) is 0 Å². The van der Waals surface area contributed by atoms with Crippen LogP contribution in [0.15, 0.2) is 53.0 Å². The van der Waals surface area contributed by atoms with E-state index in [4.69, 9.17) is 9.47 Å². The molecular weight excluding hydrogens is 444 g/mol. The Balaban J connectivity index is 2.00. The Labute approximate surface area is 188 Å². The van der Waals surface area contributed by atoms with Gasteiger partial charge in [0.05, 0.1) is 7.11 Å². The number of hydrogen-bond donors (Lipinski definition) is 1. The van der Waals surface area contributed by atoms with Gasteiger partial charge >= 0.3 is 0 Å². The number of anilines is 1. The van der Waals surface area contributed by atoms with Crippen LogP contribution in [0.1, 0.15) is 33.3 Å². The predicted molar refractivity (Wildman–Crippen MR) is 127 cm³/mol. The lowest BCUT2D eigenvalue weighted by Crippen LogP contribution is -2.39. The van der Waals surface area contributed by atoms with Gasteiger partial charge in [0.1, 0.15) is 6.61 Å². The van der Waals surface area contributed by atoms with Crippen LogP contribution in [0.2, 0.25) is 0 Å². The molecule has 1 amide bonds. The van der Waals surface area contributed by atoms with E-state index in [0.29, 0.717) is 35.9 Å². The van der Waals surface area contributed by atoms with Crippen molar-refractivity contribution in [1.29, 1.82) is 0 Å². The van der Waals surface area contributed by atoms with E-state index in [2.05, 4.69) is 53.8 Å². The third-order valence-electron chi connectivity index (χ3n) is 4.66. The summed E-state index contributed by atoms with van der Waals surface area (Å²) in [7, 11) is 1.61. The summed E-state index contributed by atoms with van der Waals surface area (Å²) < 4.78 is 12.4. The Kier molecular flexibility index (Phi) is 9.40. The van der Waals surface area contributed by atoms with Gasteiger partial charge in [0, 0.05) is 40.9 Å². The van der Waals surface area contributed by atoms with Gasteiger partial charge in [-0.15, -0.1) is 0 Å². The van der Waals surface area contributed by atoms with Crippen molar-refractivity contribution in [2.45, 2.75) is 39.8 Å². The maximum Gasteiger partial charge on any atom is 0.248 e. The molecule has 0 spiro atoms. The summed E-state index contributed by atoms with van der Waals surface area (Å²) in [6, 6.07) is 14.0. The normalized spacial score (nSPS) is 11.5. The Bertz CT molecular complexity index is 840. The zero-order chi connectivity index (χ0) is 22.1. The number of ether oxygens (including phenoxy) is 2. The number of nitrogens with zero attached hydrogens (tertiary/aromatic N) is 1. The van der Waals surface area contributed by atoms with Crippen LogP contribution in [0.25, 0.3) is 6.08 Å². The quantitative estimate of drug-likeness (QED) is 0.454. The van der Waals surface area contributed by atoms with Crippen LogP contribution in [-0.2, 0) is 4.79 Å². The highest BCUT2D eigenvalue weighted by atomic mass is 79.9. The van der Waals surface area contributed by atoms with E-state index in [1.807, 2.05) is 24.3 Å². The Hall–Kier alpha value is -2.31. The Morgan fingerprint density at radius 1 is 1.07 bits per heavy atom. The van der Waals surface area contributed by atoms with E-state index < -0.39 is 0 Å². The Morgan fingerprint density at radius 3 is 2.33 bits per heavy atom. The first kappa shape index (κ1) is 24.0. The molecule has 0 aliphatic heterocycles. The van der Waals surface area contributed by atoms with Crippen LogP contribution in [0.5, 0.6) is 11.5 Å². The number of methoxy groups -OCH3 is 1. The van der Waals surface area contributed by atoms with Gasteiger partial charge in [0.25, 0.3) is 0 Å². The average molecular weight is 475 g/mol. The maximum absolute atomic E-state index is 12.3. The first-order valence-electron chi connectivity index (χ1n) is 10.1. The number of halogens is 1. The molecule has 162 valence electrons. The van der Waals surface area contributed by atoms with Gasteiger partial charge in [-0.1, -0.05) is 28.1 Å². The van der Waals surface area contributed by atoms with Gasteiger partial charge < -0.3 is 14.8 Å². The largest absolute Gasteiger partial charge is 0.493 e. The van der Waals surface area contributed by atoms with Gasteiger partial charge in [-0.2, -0.15) is 0 Å². The number of nitrogens with one attached hydrogen (secondary N) is 1. The molecule has 0 fully saturated rings. The van der Waals surface area contributed by atoms with E-state index >= 15 is 0 Å². The molecule has 2 rings (SSSR count). The zero-order valence-electron chi connectivity index (χ0n) is 18.3. The molecule has 2 aromatic carbocycles. The first-order chi connectivity index (χ1) is 14.3. The molecule has 0 atom stereocenters. The van der Waals surface area contributed by atoms with Crippen LogP contribution < -0.4 is 14.8 Å². The van der Waals surface area contributed by atoms with Crippen molar-refractivity contribution in [3.8, 4) is 11.5 Å². The molecule has 5 nitrogen and oxygen atoms in total.